The van der Waals surface area contributed by atoms with Gasteiger partial charge in [-0.3, -0.25) is 4.79 Å². The molecule has 0 bridgehead atoms. The van der Waals surface area contributed by atoms with Gasteiger partial charge in [-0.05, 0) is 45.4 Å². The van der Waals surface area contributed by atoms with Crippen LogP contribution < -0.4 is 4.74 Å². The van der Waals surface area contributed by atoms with Gasteiger partial charge in [-0.15, -0.1) is 0 Å². The molecule has 1 saturated heterocycles. The minimum Gasteiger partial charge on any atom is -0.494 e. The third kappa shape index (κ3) is 3.38. The minimum atomic E-state index is -3.05. The number of benzene rings is 1. The van der Waals surface area contributed by atoms with E-state index in [0.29, 0.717) is 25.2 Å². The van der Waals surface area contributed by atoms with E-state index in [9.17, 15) is 13.2 Å². The van der Waals surface area contributed by atoms with E-state index >= 15 is 0 Å². The molecular formula is C18H23NO5S. The Bertz CT molecular complexity index is 900. The predicted molar refractivity (Wildman–Crippen MR) is 95.9 cm³/mol. The molecule has 25 heavy (non-hydrogen) atoms. The van der Waals surface area contributed by atoms with Crippen LogP contribution in [0.1, 0.15) is 36.4 Å². The van der Waals surface area contributed by atoms with E-state index in [2.05, 4.69) is 0 Å². The third-order valence-electron chi connectivity index (χ3n) is 4.66. The molecule has 1 amide bonds. The number of amides is 1. The second-order valence-corrected chi connectivity index (χ2v) is 8.52. The second kappa shape index (κ2) is 6.71. The minimum absolute atomic E-state index is 0.0281. The fourth-order valence-electron chi connectivity index (χ4n) is 3.38. The lowest BCUT2D eigenvalue weighted by Crippen LogP contribution is -2.41. The summed E-state index contributed by atoms with van der Waals surface area (Å²) in [6, 6.07) is 5.18. The van der Waals surface area contributed by atoms with Gasteiger partial charge in [0.25, 0.3) is 5.91 Å². The number of hydrogen-bond acceptors (Lipinski definition) is 5. The van der Waals surface area contributed by atoms with Crippen LogP contribution in [0.4, 0.5) is 0 Å². The lowest BCUT2D eigenvalue weighted by molar-refractivity contribution is 0.0677. The van der Waals surface area contributed by atoms with Gasteiger partial charge in [-0.2, -0.15) is 0 Å². The highest BCUT2D eigenvalue weighted by atomic mass is 32.2. The number of sulfone groups is 1. The van der Waals surface area contributed by atoms with Crippen molar-refractivity contribution in [3.05, 3.63) is 29.5 Å². The van der Waals surface area contributed by atoms with E-state index in [1.54, 1.807) is 11.0 Å². The number of carbonyl (C=O) groups is 1. The van der Waals surface area contributed by atoms with Crippen molar-refractivity contribution >= 4 is 26.7 Å². The molecule has 1 aliphatic rings. The Hall–Kier alpha value is -2.02. The van der Waals surface area contributed by atoms with Gasteiger partial charge in [0.2, 0.25) is 0 Å². The van der Waals surface area contributed by atoms with Gasteiger partial charge in [0, 0.05) is 23.5 Å². The first kappa shape index (κ1) is 17.8. The predicted octanol–water partition coefficient (Wildman–Crippen LogP) is 2.79. The lowest BCUT2D eigenvalue weighted by Gasteiger charge is -2.26. The molecule has 2 aromatic rings. The van der Waals surface area contributed by atoms with Crippen LogP contribution in [0.2, 0.25) is 0 Å². The highest BCUT2D eigenvalue weighted by molar-refractivity contribution is 7.91. The third-order valence-corrected chi connectivity index (χ3v) is 6.41. The molecule has 1 atom stereocenters. The van der Waals surface area contributed by atoms with Crippen molar-refractivity contribution in [3.8, 4) is 5.75 Å². The van der Waals surface area contributed by atoms with Crippen LogP contribution in [-0.4, -0.2) is 49.9 Å². The summed E-state index contributed by atoms with van der Waals surface area (Å²) in [5.74, 6) is 0.914. The van der Waals surface area contributed by atoms with Gasteiger partial charge in [-0.25, -0.2) is 8.42 Å². The van der Waals surface area contributed by atoms with Gasteiger partial charge < -0.3 is 14.1 Å². The van der Waals surface area contributed by atoms with Gasteiger partial charge in [0.1, 0.15) is 11.3 Å². The van der Waals surface area contributed by atoms with Gasteiger partial charge in [0.15, 0.2) is 15.6 Å². The maximum absolute atomic E-state index is 13.0. The summed E-state index contributed by atoms with van der Waals surface area (Å²) in [5, 5.41) is 0.837. The van der Waals surface area contributed by atoms with Gasteiger partial charge in [-0.1, -0.05) is 0 Å². The number of aryl methyl sites for hydroxylation is 1. The molecule has 6 nitrogen and oxygen atoms in total. The van der Waals surface area contributed by atoms with Crippen LogP contribution in [0, 0.1) is 6.92 Å². The van der Waals surface area contributed by atoms with E-state index in [0.717, 1.165) is 16.7 Å². The highest BCUT2D eigenvalue weighted by Crippen LogP contribution is 2.30. The molecule has 1 unspecified atom stereocenters. The second-order valence-electron chi connectivity index (χ2n) is 6.30. The topological polar surface area (TPSA) is 76.8 Å². The number of fused-ring (bicyclic) bond motifs is 1. The van der Waals surface area contributed by atoms with E-state index in [1.807, 2.05) is 32.9 Å². The van der Waals surface area contributed by atoms with Crippen molar-refractivity contribution in [2.24, 2.45) is 0 Å². The fourth-order valence-corrected chi connectivity index (χ4v) is 5.11. The van der Waals surface area contributed by atoms with Crippen molar-refractivity contribution in [1.29, 1.82) is 0 Å². The molecule has 3 rings (SSSR count). The molecule has 0 spiro atoms. The van der Waals surface area contributed by atoms with Crippen LogP contribution in [-0.2, 0) is 9.84 Å². The maximum atomic E-state index is 13.0. The van der Waals surface area contributed by atoms with Crippen molar-refractivity contribution < 1.29 is 22.4 Å². The molecule has 1 fully saturated rings. The summed E-state index contributed by atoms with van der Waals surface area (Å²) in [6.45, 7) is 6.62. The largest absolute Gasteiger partial charge is 0.494 e. The van der Waals surface area contributed by atoms with E-state index in [-0.39, 0.29) is 29.2 Å². The SMILES string of the molecule is CCOc1ccc2oc(C(=O)N(CC)C3CCS(=O)(=O)C3)c(C)c2c1. The van der Waals surface area contributed by atoms with Crippen LogP contribution in [0.25, 0.3) is 11.0 Å². The van der Waals surface area contributed by atoms with E-state index in [1.165, 1.54) is 0 Å². The van der Waals surface area contributed by atoms with E-state index < -0.39 is 9.84 Å². The summed E-state index contributed by atoms with van der Waals surface area (Å²) < 4.78 is 34.8. The van der Waals surface area contributed by atoms with Crippen molar-refractivity contribution in [2.45, 2.75) is 33.2 Å². The summed E-state index contributed by atoms with van der Waals surface area (Å²) in [5.41, 5.74) is 1.38. The standard InChI is InChI=1S/C18H23NO5S/c1-4-19(13-8-9-25(21,22)11-13)18(20)17-12(3)15-10-14(23-5-2)6-7-16(15)24-17/h6-7,10,13H,4-5,8-9,11H2,1-3H3. The Morgan fingerprint density at radius 2 is 2.12 bits per heavy atom. The molecule has 7 heteroatoms. The van der Waals surface area contributed by atoms with Gasteiger partial charge >= 0.3 is 0 Å². The first-order valence-corrected chi connectivity index (χ1v) is 10.4. The number of hydrogen-bond donors (Lipinski definition) is 0. The molecule has 1 aromatic carbocycles. The highest BCUT2D eigenvalue weighted by Gasteiger charge is 2.35. The molecule has 1 aromatic heterocycles. The fraction of sp³-hybridized carbons (Fsp3) is 0.500. The number of furan rings is 1. The van der Waals surface area contributed by atoms with E-state index in [4.69, 9.17) is 9.15 Å². The Kier molecular flexibility index (Phi) is 4.77. The first-order chi connectivity index (χ1) is 11.9. The lowest BCUT2D eigenvalue weighted by atomic mass is 10.1. The zero-order valence-corrected chi connectivity index (χ0v) is 15.6. The number of rotatable bonds is 5. The first-order valence-electron chi connectivity index (χ1n) is 8.53. The summed E-state index contributed by atoms with van der Waals surface area (Å²) >= 11 is 0. The van der Waals surface area contributed by atoms with Crippen LogP contribution >= 0.6 is 0 Å². The number of ether oxygens (including phenoxy) is 1. The Labute approximate surface area is 147 Å². The average Bonchev–Trinajstić information content (AvgIpc) is 3.09. The smallest absolute Gasteiger partial charge is 0.290 e. The number of nitrogens with zero attached hydrogens (tertiary/aromatic N) is 1. The van der Waals surface area contributed by atoms with Crippen molar-refractivity contribution in [2.75, 3.05) is 24.7 Å². The van der Waals surface area contributed by atoms with Crippen LogP contribution in [0.15, 0.2) is 22.6 Å². The molecule has 0 radical (unpaired) electrons. The van der Waals surface area contributed by atoms with Crippen LogP contribution in [0.5, 0.6) is 5.75 Å². The van der Waals surface area contributed by atoms with Crippen LogP contribution in [0.3, 0.4) is 0 Å². The molecule has 1 aliphatic heterocycles. The summed E-state index contributed by atoms with van der Waals surface area (Å²) in [7, 11) is -3.05. The Morgan fingerprint density at radius 1 is 1.36 bits per heavy atom. The van der Waals surface area contributed by atoms with Gasteiger partial charge in [0.05, 0.1) is 18.1 Å². The average molecular weight is 365 g/mol. The molecule has 0 aliphatic carbocycles. The van der Waals surface area contributed by atoms with Crippen molar-refractivity contribution in [1.82, 2.24) is 4.90 Å². The maximum Gasteiger partial charge on any atom is 0.290 e. The Morgan fingerprint density at radius 3 is 2.72 bits per heavy atom. The number of carbonyl (C=O) groups excluding carboxylic acids is 1. The molecular weight excluding hydrogens is 342 g/mol. The summed E-state index contributed by atoms with van der Waals surface area (Å²) in [6.07, 6.45) is 0.482. The zero-order chi connectivity index (χ0) is 18.2. The normalized spacial score (nSPS) is 19.2. The summed E-state index contributed by atoms with van der Waals surface area (Å²) in [4.78, 5) is 14.6. The molecule has 0 saturated carbocycles. The molecule has 2 heterocycles. The monoisotopic (exact) mass is 365 g/mol. The quantitative estimate of drug-likeness (QED) is 0.814. The molecule has 0 N–H and O–H groups in total. The Balaban J connectivity index is 1.94. The molecule has 136 valence electrons. The van der Waals surface area contributed by atoms with Crippen molar-refractivity contribution in [3.63, 3.8) is 0 Å². The zero-order valence-electron chi connectivity index (χ0n) is 14.7.